The van der Waals surface area contributed by atoms with Gasteiger partial charge in [-0.05, 0) is 51.3 Å². The molecule has 0 spiro atoms. The Balaban J connectivity index is 2.13. The summed E-state index contributed by atoms with van der Waals surface area (Å²) >= 11 is 6.07. The number of carboxylic acid groups (broad SMARTS) is 1. The van der Waals surface area contributed by atoms with Gasteiger partial charge in [0.05, 0.1) is 5.02 Å². The van der Waals surface area contributed by atoms with E-state index in [0.29, 0.717) is 10.8 Å². The Morgan fingerprint density at radius 1 is 1.36 bits per heavy atom. The van der Waals surface area contributed by atoms with E-state index in [0.717, 1.165) is 18.4 Å². The van der Waals surface area contributed by atoms with Crippen LogP contribution in [0.1, 0.15) is 32.3 Å². The number of carbonyl (C=O) groups excluding carboxylic acids is 1. The van der Waals surface area contributed by atoms with Gasteiger partial charge in [-0.15, -0.1) is 0 Å². The van der Waals surface area contributed by atoms with Crippen LogP contribution in [-0.4, -0.2) is 40.1 Å². The predicted molar refractivity (Wildman–Crippen MR) is 83.2 cm³/mol. The Morgan fingerprint density at radius 2 is 2.00 bits per heavy atom. The number of aliphatic carboxylic acids is 1. The summed E-state index contributed by atoms with van der Waals surface area (Å²) in [5, 5.41) is 9.60. The summed E-state index contributed by atoms with van der Waals surface area (Å²) in [4.78, 5) is 25.2. The third-order valence-electron chi connectivity index (χ3n) is 3.71. The third kappa shape index (κ3) is 3.71. The molecular formula is C16H20ClNO4. The van der Waals surface area contributed by atoms with Gasteiger partial charge in [-0.2, -0.15) is 0 Å². The average molecular weight is 326 g/mol. The van der Waals surface area contributed by atoms with Crippen LogP contribution in [0, 0.1) is 6.92 Å². The van der Waals surface area contributed by atoms with E-state index < -0.39 is 18.1 Å². The van der Waals surface area contributed by atoms with Crippen molar-refractivity contribution < 1.29 is 19.4 Å². The van der Waals surface area contributed by atoms with Gasteiger partial charge >= 0.3 is 5.97 Å². The monoisotopic (exact) mass is 325 g/mol. The molecule has 1 aromatic rings. The SMILES string of the molecule is Cc1ccc(Cl)c(OC(C)C(=O)N(C2CC2)C(C)C(=O)O)c1. The van der Waals surface area contributed by atoms with Gasteiger partial charge in [-0.3, -0.25) is 4.79 Å². The fourth-order valence-electron chi connectivity index (χ4n) is 2.31. The standard InChI is InChI=1S/C16H20ClNO4/c1-9-4-7-13(17)14(8-9)22-11(3)15(19)18(12-5-6-12)10(2)16(20)21/h4,7-8,10-12H,5-6H2,1-3H3,(H,20,21). The van der Waals surface area contributed by atoms with E-state index in [1.807, 2.05) is 13.0 Å². The van der Waals surface area contributed by atoms with Gasteiger partial charge in [-0.1, -0.05) is 17.7 Å². The molecule has 2 unspecified atom stereocenters. The van der Waals surface area contributed by atoms with E-state index in [4.69, 9.17) is 16.3 Å². The first-order valence-corrected chi connectivity index (χ1v) is 7.67. The van der Waals surface area contributed by atoms with Crippen molar-refractivity contribution >= 4 is 23.5 Å². The zero-order valence-corrected chi connectivity index (χ0v) is 13.6. The Morgan fingerprint density at radius 3 is 2.55 bits per heavy atom. The van der Waals surface area contributed by atoms with Crippen molar-refractivity contribution in [3.05, 3.63) is 28.8 Å². The van der Waals surface area contributed by atoms with Gasteiger partial charge in [0.25, 0.3) is 5.91 Å². The number of carboxylic acids is 1. The van der Waals surface area contributed by atoms with Crippen molar-refractivity contribution in [3.63, 3.8) is 0 Å². The van der Waals surface area contributed by atoms with Crippen LogP contribution < -0.4 is 4.74 Å². The molecule has 22 heavy (non-hydrogen) atoms. The number of amides is 1. The highest BCUT2D eigenvalue weighted by Crippen LogP contribution is 2.31. The highest BCUT2D eigenvalue weighted by Gasteiger charge is 2.40. The van der Waals surface area contributed by atoms with Crippen molar-refractivity contribution in [1.82, 2.24) is 4.90 Å². The van der Waals surface area contributed by atoms with E-state index in [1.54, 1.807) is 19.1 Å². The van der Waals surface area contributed by atoms with Crippen molar-refractivity contribution in [2.75, 3.05) is 0 Å². The van der Waals surface area contributed by atoms with Gasteiger partial charge in [0.2, 0.25) is 0 Å². The van der Waals surface area contributed by atoms with Crippen LogP contribution in [-0.2, 0) is 9.59 Å². The predicted octanol–water partition coefficient (Wildman–Crippen LogP) is 2.88. The summed E-state index contributed by atoms with van der Waals surface area (Å²) in [7, 11) is 0. The van der Waals surface area contributed by atoms with Crippen LogP contribution in [0.2, 0.25) is 5.02 Å². The number of nitrogens with zero attached hydrogens (tertiary/aromatic N) is 1. The molecule has 2 rings (SSSR count). The summed E-state index contributed by atoms with van der Waals surface area (Å²) in [5.41, 5.74) is 0.969. The lowest BCUT2D eigenvalue weighted by molar-refractivity contribution is -0.153. The summed E-state index contributed by atoms with van der Waals surface area (Å²) in [6, 6.07) is 4.46. The molecule has 0 radical (unpaired) electrons. The average Bonchev–Trinajstić information content (AvgIpc) is 3.27. The number of hydrogen-bond acceptors (Lipinski definition) is 3. The lowest BCUT2D eigenvalue weighted by Crippen LogP contribution is -2.49. The molecule has 0 bridgehead atoms. The van der Waals surface area contributed by atoms with Crippen LogP contribution in [0.25, 0.3) is 0 Å². The number of carbonyl (C=O) groups is 2. The first kappa shape index (κ1) is 16.6. The molecule has 120 valence electrons. The maximum atomic E-state index is 12.6. The number of rotatable bonds is 6. The minimum absolute atomic E-state index is 0.00219. The first-order chi connectivity index (χ1) is 10.3. The molecule has 6 heteroatoms. The molecule has 1 N–H and O–H groups in total. The molecule has 0 saturated heterocycles. The number of halogens is 1. The summed E-state index contributed by atoms with van der Waals surface area (Å²) in [6.45, 7) is 5.04. The van der Waals surface area contributed by atoms with E-state index in [2.05, 4.69) is 0 Å². The van der Waals surface area contributed by atoms with Gasteiger partial charge in [0.15, 0.2) is 6.10 Å². The Labute approximate surface area is 134 Å². The topological polar surface area (TPSA) is 66.8 Å². The maximum Gasteiger partial charge on any atom is 0.326 e. The number of ether oxygens (including phenoxy) is 1. The lowest BCUT2D eigenvalue weighted by Gasteiger charge is -2.29. The molecule has 1 amide bonds. The number of aryl methyl sites for hydroxylation is 1. The summed E-state index contributed by atoms with van der Waals surface area (Å²) in [5.74, 6) is -0.905. The summed E-state index contributed by atoms with van der Waals surface area (Å²) in [6.07, 6.45) is 0.879. The molecule has 0 aliphatic heterocycles. The quantitative estimate of drug-likeness (QED) is 0.873. The van der Waals surface area contributed by atoms with Crippen molar-refractivity contribution in [3.8, 4) is 5.75 Å². The van der Waals surface area contributed by atoms with Crippen LogP contribution in [0.15, 0.2) is 18.2 Å². The van der Waals surface area contributed by atoms with Gasteiger partial charge < -0.3 is 14.7 Å². The highest BCUT2D eigenvalue weighted by molar-refractivity contribution is 6.32. The molecular weight excluding hydrogens is 306 g/mol. The van der Waals surface area contributed by atoms with Crippen molar-refractivity contribution in [2.24, 2.45) is 0 Å². The highest BCUT2D eigenvalue weighted by atomic mass is 35.5. The normalized spacial score (nSPS) is 16.7. The largest absolute Gasteiger partial charge is 0.480 e. The molecule has 5 nitrogen and oxygen atoms in total. The Kier molecular flexibility index (Phi) is 4.96. The van der Waals surface area contributed by atoms with E-state index in [1.165, 1.54) is 11.8 Å². The van der Waals surface area contributed by atoms with Crippen LogP contribution in [0.5, 0.6) is 5.75 Å². The number of hydrogen-bond donors (Lipinski definition) is 1. The Hall–Kier alpha value is -1.75. The zero-order chi connectivity index (χ0) is 16.4. The van der Waals surface area contributed by atoms with Gasteiger partial charge in [0.1, 0.15) is 11.8 Å². The molecule has 1 aliphatic carbocycles. The minimum atomic E-state index is -1.01. The molecule has 2 atom stereocenters. The van der Waals surface area contributed by atoms with Gasteiger partial charge in [-0.25, -0.2) is 4.79 Å². The van der Waals surface area contributed by atoms with Crippen LogP contribution >= 0.6 is 11.6 Å². The summed E-state index contributed by atoms with van der Waals surface area (Å²) < 4.78 is 5.66. The van der Waals surface area contributed by atoms with Crippen molar-refractivity contribution in [2.45, 2.75) is 51.8 Å². The molecule has 1 aromatic carbocycles. The second-order valence-corrected chi connectivity index (χ2v) is 6.09. The fraction of sp³-hybridized carbons (Fsp3) is 0.500. The zero-order valence-electron chi connectivity index (χ0n) is 12.9. The Bertz CT molecular complexity index is 586. The maximum absolute atomic E-state index is 12.6. The first-order valence-electron chi connectivity index (χ1n) is 7.29. The fourth-order valence-corrected chi connectivity index (χ4v) is 2.47. The minimum Gasteiger partial charge on any atom is -0.480 e. The molecule has 1 aliphatic rings. The molecule has 0 heterocycles. The van der Waals surface area contributed by atoms with Crippen LogP contribution in [0.4, 0.5) is 0 Å². The number of benzene rings is 1. The van der Waals surface area contributed by atoms with Gasteiger partial charge in [0, 0.05) is 6.04 Å². The van der Waals surface area contributed by atoms with Crippen LogP contribution in [0.3, 0.4) is 0 Å². The van der Waals surface area contributed by atoms with E-state index >= 15 is 0 Å². The molecule has 0 aromatic heterocycles. The lowest BCUT2D eigenvalue weighted by atomic mass is 10.2. The van der Waals surface area contributed by atoms with Crippen molar-refractivity contribution in [1.29, 1.82) is 0 Å². The third-order valence-corrected chi connectivity index (χ3v) is 4.02. The van der Waals surface area contributed by atoms with E-state index in [9.17, 15) is 14.7 Å². The second-order valence-electron chi connectivity index (χ2n) is 5.68. The second kappa shape index (κ2) is 6.57. The molecule has 1 saturated carbocycles. The van der Waals surface area contributed by atoms with E-state index in [-0.39, 0.29) is 11.9 Å². The smallest absolute Gasteiger partial charge is 0.326 e. The molecule has 1 fully saturated rings.